The van der Waals surface area contributed by atoms with E-state index in [2.05, 4.69) is 20.9 Å². The molecule has 29 heavy (non-hydrogen) atoms. The number of anilines is 1. The number of rotatable bonds is 3. The zero-order valence-electron chi connectivity index (χ0n) is 15.7. The number of carbonyl (C=O) groups excluding carboxylic acids is 2. The van der Waals surface area contributed by atoms with Gasteiger partial charge in [0.25, 0.3) is 5.78 Å². The molecule has 0 unspecified atom stereocenters. The van der Waals surface area contributed by atoms with Gasteiger partial charge in [-0.05, 0) is 31.5 Å². The number of carbonyl (C=O) groups is 2. The number of halogens is 1. The molecular weight excluding hydrogens is 452 g/mol. The standard InChI is InChI=1S/C22H17BrN2O3S/c1-12-13(2)29-22(24-12)25-18(14-8-10-16(23)11-9-14)17(20(27)21(25)28)19(26)15-6-4-3-5-7-15/h3-11,18,26H,1-2H3/b19-17+/t18-/m0/s1. The van der Waals surface area contributed by atoms with E-state index in [1.807, 2.05) is 44.2 Å². The summed E-state index contributed by atoms with van der Waals surface area (Å²) in [6.07, 6.45) is 0. The molecule has 1 aliphatic heterocycles. The Morgan fingerprint density at radius 3 is 2.31 bits per heavy atom. The van der Waals surface area contributed by atoms with E-state index in [0.717, 1.165) is 20.6 Å². The Hall–Kier alpha value is -2.77. The predicted molar refractivity (Wildman–Crippen MR) is 117 cm³/mol. The zero-order valence-corrected chi connectivity index (χ0v) is 18.1. The van der Waals surface area contributed by atoms with E-state index in [9.17, 15) is 14.7 Å². The highest BCUT2D eigenvalue weighted by Crippen LogP contribution is 2.43. The Balaban J connectivity index is 1.95. The first-order valence-electron chi connectivity index (χ1n) is 8.94. The van der Waals surface area contributed by atoms with E-state index in [4.69, 9.17) is 0 Å². The third-order valence-electron chi connectivity index (χ3n) is 4.90. The quantitative estimate of drug-likeness (QED) is 0.327. The van der Waals surface area contributed by atoms with Gasteiger partial charge in [-0.1, -0.05) is 58.4 Å². The summed E-state index contributed by atoms with van der Waals surface area (Å²) in [6, 6.07) is 15.4. The van der Waals surface area contributed by atoms with Crippen LogP contribution in [0.3, 0.4) is 0 Å². The Morgan fingerprint density at radius 1 is 1.07 bits per heavy atom. The number of hydrogen-bond acceptors (Lipinski definition) is 5. The summed E-state index contributed by atoms with van der Waals surface area (Å²) in [5.41, 5.74) is 2.08. The number of aliphatic hydroxyl groups excluding tert-OH is 1. The molecule has 3 aromatic rings. The van der Waals surface area contributed by atoms with Crippen LogP contribution < -0.4 is 4.90 Å². The molecule has 7 heteroatoms. The molecule has 0 aliphatic carbocycles. The van der Waals surface area contributed by atoms with Gasteiger partial charge < -0.3 is 5.11 Å². The molecule has 0 spiro atoms. The van der Waals surface area contributed by atoms with E-state index >= 15 is 0 Å². The van der Waals surface area contributed by atoms with Crippen molar-refractivity contribution in [3.8, 4) is 0 Å². The monoisotopic (exact) mass is 468 g/mol. The van der Waals surface area contributed by atoms with Crippen molar-refractivity contribution in [3.63, 3.8) is 0 Å². The first-order valence-corrected chi connectivity index (χ1v) is 10.6. The van der Waals surface area contributed by atoms with E-state index in [0.29, 0.717) is 10.7 Å². The van der Waals surface area contributed by atoms with Crippen LogP contribution in [0, 0.1) is 13.8 Å². The summed E-state index contributed by atoms with van der Waals surface area (Å²) in [6.45, 7) is 3.79. The van der Waals surface area contributed by atoms with Crippen LogP contribution in [-0.4, -0.2) is 21.8 Å². The maximum Gasteiger partial charge on any atom is 0.301 e. The largest absolute Gasteiger partial charge is 0.507 e. The van der Waals surface area contributed by atoms with E-state index < -0.39 is 17.7 Å². The topological polar surface area (TPSA) is 70.5 Å². The third kappa shape index (κ3) is 3.41. The molecule has 1 N–H and O–H groups in total. The molecule has 1 amide bonds. The maximum absolute atomic E-state index is 13.0. The smallest absolute Gasteiger partial charge is 0.301 e. The number of nitrogens with zero attached hydrogens (tertiary/aromatic N) is 2. The minimum Gasteiger partial charge on any atom is -0.507 e. The van der Waals surface area contributed by atoms with Crippen LogP contribution in [0.4, 0.5) is 5.13 Å². The number of amides is 1. The minimum atomic E-state index is -0.756. The van der Waals surface area contributed by atoms with Gasteiger partial charge in [0.1, 0.15) is 5.76 Å². The van der Waals surface area contributed by atoms with Crippen LogP contribution >= 0.6 is 27.3 Å². The normalized spacial score (nSPS) is 18.4. The molecule has 0 radical (unpaired) electrons. The van der Waals surface area contributed by atoms with Crippen LogP contribution in [0.5, 0.6) is 0 Å². The van der Waals surface area contributed by atoms with Gasteiger partial charge in [-0.3, -0.25) is 14.5 Å². The summed E-state index contributed by atoms with van der Waals surface area (Å²) in [7, 11) is 0. The van der Waals surface area contributed by atoms with Gasteiger partial charge in [-0.15, -0.1) is 11.3 Å². The molecule has 1 aromatic heterocycles. The second-order valence-electron chi connectivity index (χ2n) is 6.72. The Morgan fingerprint density at radius 2 is 1.72 bits per heavy atom. The minimum absolute atomic E-state index is 0.0639. The van der Waals surface area contributed by atoms with Gasteiger partial charge >= 0.3 is 5.91 Å². The average Bonchev–Trinajstić information content (AvgIpc) is 3.18. The summed E-state index contributed by atoms with van der Waals surface area (Å²) in [5.74, 6) is -1.60. The molecule has 1 atom stereocenters. The number of thiazole rings is 1. The van der Waals surface area contributed by atoms with Crippen LogP contribution in [0.1, 0.15) is 27.7 Å². The number of hydrogen-bond donors (Lipinski definition) is 1. The Bertz CT molecular complexity index is 1120. The van der Waals surface area contributed by atoms with Gasteiger partial charge in [-0.25, -0.2) is 4.98 Å². The van der Waals surface area contributed by atoms with Crippen molar-refractivity contribution in [3.05, 3.63) is 86.3 Å². The van der Waals surface area contributed by atoms with Crippen LogP contribution in [0.25, 0.3) is 5.76 Å². The molecule has 146 valence electrons. The van der Waals surface area contributed by atoms with Crippen LogP contribution in [-0.2, 0) is 9.59 Å². The van der Waals surface area contributed by atoms with Crippen molar-refractivity contribution in [2.24, 2.45) is 0 Å². The van der Waals surface area contributed by atoms with Gasteiger partial charge in [0.15, 0.2) is 5.13 Å². The van der Waals surface area contributed by atoms with Gasteiger partial charge in [-0.2, -0.15) is 0 Å². The summed E-state index contributed by atoms with van der Waals surface area (Å²) < 4.78 is 0.877. The van der Waals surface area contributed by atoms with Gasteiger partial charge in [0.2, 0.25) is 0 Å². The molecule has 1 fully saturated rings. The molecule has 2 aromatic carbocycles. The van der Waals surface area contributed by atoms with E-state index in [1.54, 1.807) is 24.3 Å². The molecule has 0 bridgehead atoms. The van der Waals surface area contributed by atoms with Crippen molar-refractivity contribution >= 4 is 49.8 Å². The molecule has 5 nitrogen and oxygen atoms in total. The van der Waals surface area contributed by atoms with E-state index in [1.165, 1.54) is 16.2 Å². The summed E-state index contributed by atoms with van der Waals surface area (Å²) in [4.78, 5) is 32.9. The lowest BCUT2D eigenvalue weighted by Crippen LogP contribution is -2.29. The SMILES string of the molecule is Cc1nc(N2C(=O)C(=O)/C(=C(/O)c3ccccc3)[C@@H]2c2ccc(Br)cc2)sc1C. The second-order valence-corrected chi connectivity index (χ2v) is 8.82. The highest BCUT2D eigenvalue weighted by Gasteiger charge is 2.48. The fourth-order valence-electron chi connectivity index (χ4n) is 3.30. The Kier molecular flexibility index (Phi) is 5.10. The molecule has 0 saturated carbocycles. The lowest BCUT2D eigenvalue weighted by atomic mass is 9.95. The van der Waals surface area contributed by atoms with Crippen LogP contribution in [0.2, 0.25) is 0 Å². The van der Waals surface area contributed by atoms with Crippen molar-refractivity contribution in [1.82, 2.24) is 4.98 Å². The van der Waals surface area contributed by atoms with Crippen molar-refractivity contribution in [2.75, 3.05) is 4.90 Å². The number of benzene rings is 2. The second kappa shape index (κ2) is 7.57. The zero-order chi connectivity index (χ0) is 20.7. The van der Waals surface area contributed by atoms with Gasteiger partial charge in [0, 0.05) is 14.9 Å². The number of aliphatic hydroxyl groups is 1. The molecule has 1 saturated heterocycles. The number of ketones is 1. The van der Waals surface area contributed by atoms with Gasteiger partial charge in [0.05, 0.1) is 17.3 Å². The highest BCUT2D eigenvalue weighted by molar-refractivity contribution is 9.10. The number of aromatic nitrogens is 1. The first-order chi connectivity index (χ1) is 13.9. The molecule has 4 rings (SSSR count). The van der Waals surface area contributed by atoms with Crippen molar-refractivity contribution in [1.29, 1.82) is 0 Å². The van der Waals surface area contributed by atoms with Crippen LogP contribution in [0.15, 0.2) is 64.6 Å². The lowest BCUT2D eigenvalue weighted by Gasteiger charge is -2.23. The lowest BCUT2D eigenvalue weighted by molar-refractivity contribution is -0.132. The molecule has 2 heterocycles. The van der Waals surface area contributed by atoms with E-state index in [-0.39, 0.29) is 11.3 Å². The van der Waals surface area contributed by atoms with Crippen molar-refractivity contribution < 1.29 is 14.7 Å². The fraction of sp³-hybridized carbons (Fsp3) is 0.136. The number of aryl methyl sites for hydroxylation is 2. The summed E-state index contributed by atoms with van der Waals surface area (Å²) >= 11 is 4.77. The fourth-order valence-corrected chi connectivity index (χ4v) is 4.50. The third-order valence-corrected chi connectivity index (χ3v) is 6.50. The Labute approximate surface area is 180 Å². The molecular formula is C22H17BrN2O3S. The van der Waals surface area contributed by atoms with Crippen molar-refractivity contribution in [2.45, 2.75) is 19.9 Å². The highest BCUT2D eigenvalue weighted by atomic mass is 79.9. The number of Topliss-reactive ketones (excluding diaryl/α,β-unsaturated/α-hetero) is 1. The molecule has 1 aliphatic rings. The first kappa shape index (κ1) is 19.5. The summed E-state index contributed by atoms with van der Waals surface area (Å²) in [5, 5.41) is 11.4. The average molecular weight is 469 g/mol. The predicted octanol–water partition coefficient (Wildman–Crippen LogP) is 5.15. The maximum atomic E-state index is 13.0.